The Bertz CT molecular complexity index is 1640. The summed E-state index contributed by atoms with van der Waals surface area (Å²) in [4.78, 5) is 38.2. The Balaban J connectivity index is 4.54. The molecule has 0 aliphatic heterocycles. The molecule has 0 spiro atoms. The van der Waals surface area contributed by atoms with Crippen LogP contribution in [0.15, 0.2) is 146 Å². The normalized spacial score (nSPS) is 13.2. The lowest BCUT2D eigenvalue weighted by atomic mass is 10.1. The summed E-state index contributed by atoms with van der Waals surface area (Å²) in [5.41, 5.74) is 0. The summed E-state index contributed by atoms with van der Waals surface area (Å²) in [6.07, 6.45) is 87.0. The van der Waals surface area contributed by atoms with Gasteiger partial charge in [-0.15, -0.1) is 0 Å². The molecule has 0 N–H and O–H groups in total. The van der Waals surface area contributed by atoms with Crippen molar-refractivity contribution in [2.45, 2.75) is 252 Å². The fourth-order valence-electron chi connectivity index (χ4n) is 7.65. The zero-order valence-corrected chi connectivity index (χ0v) is 47.5. The first-order chi connectivity index (χ1) is 36.5. The lowest BCUT2D eigenvalue weighted by Crippen LogP contribution is -2.30. The Hall–Kier alpha value is -4.71. The number of hydrogen-bond donors (Lipinski definition) is 0. The SMILES string of the molecule is CC/C=C\C/C=C\C/C=C\C/C=C\C/C=C\C/C=C\C/C=C\CCCC(=O)OCC(COC(=O)CCCCCCC/C=C\C/C=C\CCCCCC)OC(=O)CCCCCCCCC/C=C\C/C=C\C/C=C\CC. The molecule has 6 heteroatoms. The minimum absolute atomic E-state index is 0.113. The van der Waals surface area contributed by atoms with Crippen molar-refractivity contribution in [3.05, 3.63) is 146 Å². The molecule has 0 aromatic heterocycles. The zero-order chi connectivity index (χ0) is 53.6. The second-order valence-electron chi connectivity index (χ2n) is 19.1. The molecule has 74 heavy (non-hydrogen) atoms. The molecule has 0 heterocycles. The summed E-state index contributed by atoms with van der Waals surface area (Å²) >= 11 is 0. The molecule has 0 aromatic rings. The van der Waals surface area contributed by atoms with Crippen molar-refractivity contribution >= 4 is 17.9 Å². The highest BCUT2D eigenvalue weighted by Crippen LogP contribution is 2.13. The summed E-state index contributed by atoms with van der Waals surface area (Å²) in [7, 11) is 0. The van der Waals surface area contributed by atoms with E-state index in [1.807, 2.05) is 0 Å². The second kappa shape index (κ2) is 60.8. The Morgan fingerprint density at radius 2 is 0.541 bits per heavy atom. The first-order valence-corrected chi connectivity index (χ1v) is 29.8. The maximum atomic E-state index is 12.9. The Morgan fingerprint density at radius 1 is 0.284 bits per heavy atom. The number of unbranched alkanes of at least 4 members (excludes halogenated alkanes) is 17. The van der Waals surface area contributed by atoms with Crippen molar-refractivity contribution in [2.75, 3.05) is 13.2 Å². The van der Waals surface area contributed by atoms with Crippen LogP contribution in [0.4, 0.5) is 0 Å². The van der Waals surface area contributed by atoms with Crippen LogP contribution in [0.5, 0.6) is 0 Å². The third kappa shape index (κ3) is 58.2. The van der Waals surface area contributed by atoms with Crippen LogP contribution in [0, 0.1) is 0 Å². The average molecular weight is 1020 g/mol. The van der Waals surface area contributed by atoms with Crippen molar-refractivity contribution in [3.63, 3.8) is 0 Å². The van der Waals surface area contributed by atoms with Gasteiger partial charge >= 0.3 is 17.9 Å². The first-order valence-electron chi connectivity index (χ1n) is 29.8. The summed E-state index contributed by atoms with van der Waals surface area (Å²) in [5, 5.41) is 0. The van der Waals surface area contributed by atoms with Gasteiger partial charge < -0.3 is 14.2 Å². The van der Waals surface area contributed by atoms with Crippen molar-refractivity contribution in [2.24, 2.45) is 0 Å². The molecule has 416 valence electrons. The predicted octanol–water partition coefficient (Wildman–Crippen LogP) is 20.4. The lowest BCUT2D eigenvalue weighted by Gasteiger charge is -2.18. The molecule has 0 aliphatic carbocycles. The van der Waals surface area contributed by atoms with Crippen LogP contribution in [0.25, 0.3) is 0 Å². The highest BCUT2D eigenvalue weighted by atomic mass is 16.6. The van der Waals surface area contributed by atoms with Crippen molar-refractivity contribution in [1.82, 2.24) is 0 Å². The van der Waals surface area contributed by atoms with Gasteiger partial charge in [0.2, 0.25) is 0 Å². The summed E-state index contributed by atoms with van der Waals surface area (Å²) < 4.78 is 16.8. The molecule has 1 atom stereocenters. The summed E-state index contributed by atoms with van der Waals surface area (Å²) in [5.74, 6) is -1.00. The van der Waals surface area contributed by atoms with Gasteiger partial charge in [0.1, 0.15) is 13.2 Å². The topological polar surface area (TPSA) is 78.9 Å². The van der Waals surface area contributed by atoms with Crippen LogP contribution < -0.4 is 0 Å². The van der Waals surface area contributed by atoms with E-state index < -0.39 is 6.10 Å². The van der Waals surface area contributed by atoms with E-state index in [9.17, 15) is 14.4 Å². The van der Waals surface area contributed by atoms with E-state index in [1.54, 1.807) is 0 Å². The number of hydrogen-bond acceptors (Lipinski definition) is 6. The van der Waals surface area contributed by atoms with Gasteiger partial charge in [0, 0.05) is 19.3 Å². The fourth-order valence-corrected chi connectivity index (χ4v) is 7.65. The van der Waals surface area contributed by atoms with Gasteiger partial charge in [-0.05, 0) is 135 Å². The third-order valence-electron chi connectivity index (χ3n) is 12.1. The zero-order valence-electron chi connectivity index (χ0n) is 47.5. The Labute approximate surface area is 455 Å². The maximum Gasteiger partial charge on any atom is 0.306 e. The Morgan fingerprint density at radius 3 is 0.878 bits per heavy atom. The minimum atomic E-state index is -0.820. The van der Waals surface area contributed by atoms with Gasteiger partial charge in [0.25, 0.3) is 0 Å². The van der Waals surface area contributed by atoms with Gasteiger partial charge in [0.15, 0.2) is 6.10 Å². The number of carbonyl (C=O) groups excluding carboxylic acids is 3. The van der Waals surface area contributed by atoms with Crippen LogP contribution in [0.3, 0.4) is 0 Å². The molecular formula is C68H108O6. The number of ether oxygens (including phenoxy) is 3. The van der Waals surface area contributed by atoms with Crippen molar-refractivity contribution in [3.8, 4) is 0 Å². The molecule has 6 nitrogen and oxygen atoms in total. The van der Waals surface area contributed by atoms with Crippen LogP contribution in [-0.2, 0) is 28.6 Å². The number of rotatable bonds is 52. The second-order valence-corrected chi connectivity index (χ2v) is 19.1. The largest absolute Gasteiger partial charge is 0.462 e. The van der Waals surface area contributed by atoms with E-state index in [0.29, 0.717) is 19.3 Å². The van der Waals surface area contributed by atoms with E-state index in [4.69, 9.17) is 14.2 Å². The molecule has 0 bridgehead atoms. The fraction of sp³-hybridized carbons (Fsp3) is 0.603. The van der Waals surface area contributed by atoms with Gasteiger partial charge in [-0.2, -0.15) is 0 Å². The molecule has 0 rings (SSSR count). The third-order valence-corrected chi connectivity index (χ3v) is 12.1. The highest BCUT2D eigenvalue weighted by molar-refractivity contribution is 5.71. The number of allylic oxidation sites excluding steroid dienone is 24. The van der Waals surface area contributed by atoms with Gasteiger partial charge in [-0.25, -0.2) is 0 Å². The van der Waals surface area contributed by atoms with E-state index in [-0.39, 0.29) is 37.5 Å². The van der Waals surface area contributed by atoms with Crippen molar-refractivity contribution in [1.29, 1.82) is 0 Å². The quantitative estimate of drug-likeness (QED) is 0.0261. The molecule has 0 amide bonds. The maximum absolute atomic E-state index is 12.9. The lowest BCUT2D eigenvalue weighted by molar-refractivity contribution is -0.167. The van der Waals surface area contributed by atoms with Crippen LogP contribution in [-0.4, -0.2) is 37.2 Å². The summed E-state index contributed by atoms with van der Waals surface area (Å²) in [6, 6.07) is 0. The first kappa shape index (κ1) is 69.3. The number of carbonyl (C=O) groups is 3. The monoisotopic (exact) mass is 1020 g/mol. The molecule has 0 radical (unpaired) electrons. The molecule has 0 saturated carbocycles. The average Bonchev–Trinajstić information content (AvgIpc) is 3.40. The van der Waals surface area contributed by atoms with E-state index in [1.165, 1.54) is 51.4 Å². The van der Waals surface area contributed by atoms with E-state index in [2.05, 4.69) is 167 Å². The summed E-state index contributed by atoms with van der Waals surface area (Å²) in [6.45, 7) is 6.32. The smallest absolute Gasteiger partial charge is 0.306 e. The van der Waals surface area contributed by atoms with E-state index in [0.717, 1.165) is 148 Å². The highest BCUT2D eigenvalue weighted by Gasteiger charge is 2.19. The minimum Gasteiger partial charge on any atom is -0.462 e. The molecule has 1 unspecified atom stereocenters. The van der Waals surface area contributed by atoms with Crippen LogP contribution in [0.1, 0.15) is 245 Å². The molecule has 0 saturated heterocycles. The van der Waals surface area contributed by atoms with Gasteiger partial charge in [-0.1, -0.05) is 237 Å². The van der Waals surface area contributed by atoms with E-state index >= 15 is 0 Å². The van der Waals surface area contributed by atoms with Crippen molar-refractivity contribution < 1.29 is 28.6 Å². The molecule has 0 fully saturated rings. The molecular weight excluding hydrogens is 913 g/mol. The molecule has 0 aliphatic rings. The molecule has 0 aromatic carbocycles. The van der Waals surface area contributed by atoms with Crippen LogP contribution in [0.2, 0.25) is 0 Å². The van der Waals surface area contributed by atoms with Crippen LogP contribution >= 0.6 is 0 Å². The Kier molecular flexibility index (Phi) is 57.0. The van der Waals surface area contributed by atoms with Gasteiger partial charge in [-0.3, -0.25) is 14.4 Å². The predicted molar refractivity (Wildman–Crippen MR) is 320 cm³/mol. The standard InChI is InChI=1S/C68H108O6/c1-4-7-10-13-16-19-22-25-28-31-32-33-34-35-36-38-40-43-46-49-52-55-58-61-67(70)73-64-65(63-72-66(69)60-57-54-51-48-45-42-39-30-27-24-21-18-15-12-9-6-3)74-68(71)62-59-56-53-50-47-44-41-37-29-26-23-20-17-14-11-8-5-2/h7-8,10-11,16-17,19-21,24-26,28-30,32-33,35-36,39-40,43,49,52,65H,4-6,9,12-15,18,22-23,27,31,34,37-38,41-42,44-48,50-51,53-64H2,1-3H3/b10-7-,11-8-,19-16-,20-17-,24-21-,28-25-,29-26-,33-32-,36-35-,39-30-,43-40-,52-49-. The van der Waals surface area contributed by atoms with Gasteiger partial charge in [0.05, 0.1) is 0 Å². The number of esters is 3.